The lowest BCUT2D eigenvalue weighted by atomic mass is 10.4. The molecule has 0 bridgehead atoms. The van der Waals surface area contributed by atoms with E-state index < -0.39 is 5.97 Å². The van der Waals surface area contributed by atoms with Gasteiger partial charge in [-0.05, 0) is 6.92 Å². The van der Waals surface area contributed by atoms with Crippen molar-refractivity contribution in [3.8, 4) is 0 Å². The van der Waals surface area contributed by atoms with Crippen LogP contribution in [0.2, 0.25) is 0 Å². The molecule has 1 rings (SSSR count). The van der Waals surface area contributed by atoms with E-state index in [-0.39, 0.29) is 6.42 Å². The minimum atomic E-state index is -0.809. The van der Waals surface area contributed by atoms with Crippen molar-refractivity contribution in [2.24, 2.45) is 0 Å². The second kappa shape index (κ2) is 6.03. The Balaban J connectivity index is 2.73. The summed E-state index contributed by atoms with van der Waals surface area (Å²) in [7, 11) is 3.77. The minimum absolute atomic E-state index is 0.0967. The lowest BCUT2D eigenvalue weighted by Crippen LogP contribution is -2.23. The number of aromatic nitrogens is 2. The van der Waals surface area contributed by atoms with Gasteiger partial charge in [-0.3, -0.25) is 4.79 Å². The van der Waals surface area contributed by atoms with Crippen LogP contribution in [0, 0.1) is 0 Å². The molecule has 0 fully saturated rings. The van der Waals surface area contributed by atoms with Crippen molar-refractivity contribution in [2.75, 3.05) is 37.0 Å². The zero-order valence-corrected chi connectivity index (χ0v) is 10.4. The average Bonchev–Trinajstić information content (AvgIpc) is 2.35. The predicted octanol–water partition coefficient (Wildman–Crippen LogP) is 0.844. The number of carbonyl (C=O) groups is 1. The van der Waals surface area contributed by atoms with E-state index in [1.807, 2.05) is 36.9 Å². The first-order valence-electron chi connectivity index (χ1n) is 5.50. The Morgan fingerprint density at radius 3 is 2.41 bits per heavy atom. The number of anilines is 2. The Hall–Kier alpha value is -1.85. The standard InChI is InChI=1S/C11H18N4O2/c1-4-14(2)9-7-10(13-8-12-9)15(3)6-5-11(16)17/h7-8H,4-6H2,1-3H3,(H,16,17). The molecule has 0 saturated heterocycles. The summed E-state index contributed by atoms with van der Waals surface area (Å²) in [6, 6.07) is 1.85. The molecule has 0 aromatic carbocycles. The fourth-order valence-electron chi connectivity index (χ4n) is 1.29. The van der Waals surface area contributed by atoms with Crippen LogP contribution < -0.4 is 9.80 Å². The van der Waals surface area contributed by atoms with Crippen LogP contribution in [0.4, 0.5) is 11.6 Å². The summed E-state index contributed by atoms with van der Waals surface area (Å²) in [4.78, 5) is 22.6. The maximum atomic E-state index is 10.5. The van der Waals surface area contributed by atoms with Crippen LogP contribution >= 0.6 is 0 Å². The highest BCUT2D eigenvalue weighted by Gasteiger charge is 2.08. The molecule has 17 heavy (non-hydrogen) atoms. The van der Waals surface area contributed by atoms with Crippen molar-refractivity contribution < 1.29 is 9.90 Å². The summed E-state index contributed by atoms with van der Waals surface area (Å²) in [6.07, 6.45) is 1.59. The third-order valence-corrected chi connectivity index (χ3v) is 2.56. The van der Waals surface area contributed by atoms with Gasteiger partial charge in [0.05, 0.1) is 6.42 Å². The van der Waals surface area contributed by atoms with Gasteiger partial charge in [-0.1, -0.05) is 0 Å². The highest BCUT2D eigenvalue weighted by Crippen LogP contribution is 2.15. The number of hydrogen-bond acceptors (Lipinski definition) is 5. The summed E-state index contributed by atoms with van der Waals surface area (Å²) in [5, 5.41) is 8.62. The maximum Gasteiger partial charge on any atom is 0.305 e. The zero-order valence-electron chi connectivity index (χ0n) is 10.4. The van der Waals surface area contributed by atoms with Gasteiger partial charge in [0.2, 0.25) is 0 Å². The third kappa shape index (κ3) is 3.90. The lowest BCUT2D eigenvalue weighted by Gasteiger charge is -2.20. The van der Waals surface area contributed by atoms with Crippen molar-refractivity contribution in [2.45, 2.75) is 13.3 Å². The molecule has 0 spiro atoms. The molecule has 6 nitrogen and oxygen atoms in total. The fraction of sp³-hybridized carbons (Fsp3) is 0.545. The molecule has 6 heteroatoms. The van der Waals surface area contributed by atoms with Crippen molar-refractivity contribution >= 4 is 17.6 Å². The second-order valence-corrected chi connectivity index (χ2v) is 3.81. The van der Waals surface area contributed by atoms with Crippen LogP contribution in [0.5, 0.6) is 0 Å². The van der Waals surface area contributed by atoms with Gasteiger partial charge >= 0.3 is 5.97 Å². The zero-order chi connectivity index (χ0) is 12.8. The average molecular weight is 238 g/mol. The van der Waals surface area contributed by atoms with E-state index in [4.69, 9.17) is 5.11 Å². The van der Waals surface area contributed by atoms with Crippen LogP contribution in [-0.4, -0.2) is 48.2 Å². The van der Waals surface area contributed by atoms with Crippen LogP contribution in [0.1, 0.15) is 13.3 Å². The van der Waals surface area contributed by atoms with Crippen molar-refractivity contribution in [1.29, 1.82) is 0 Å². The first-order chi connectivity index (χ1) is 8.04. The summed E-state index contributed by atoms with van der Waals surface area (Å²) < 4.78 is 0. The van der Waals surface area contributed by atoms with Gasteiger partial charge < -0.3 is 14.9 Å². The monoisotopic (exact) mass is 238 g/mol. The normalized spacial score (nSPS) is 10.1. The Morgan fingerprint density at radius 2 is 1.88 bits per heavy atom. The van der Waals surface area contributed by atoms with Crippen LogP contribution in [0.3, 0.4) is 0 Å². The van der Waals surface area contributed by atoms with E-state index in [1.165, 1.54) is 6.33 Å². The van der Waals surface area contributed by atoms with Gasteiger partial charge in [-0.2, -0.15) is 0 Å². The highest BCUT2D eigenvalue weighted by molar-refractivity contribution is 5.67. The Labute approximate surface area is 101 Å². The molecule has 1 aromatic heterocycles. The largest absolute Gasteiger partial charge is 0.481 e. The molecule has 0 saturated carbocycles. The van der Waals surface area contributed by atoms with Gasteiger partial charge in [0.1, 0.15) is 18.0 Å². The molecule has 0 amide bonds. The third-order valence-electron chi connectivity index (χ3n) is 2.56. The fourth-order valence-corrected chi connectivity index (χ4v) is 1.29. The van der Waals surface area contributed by atoms with E-state index in [2.05, 4.69) is 9.97 Å². The van der Waals surface area contributed by atoms with Gasteiger partial charge in [-0.25, -0.2) is 9.97 Å². The first kappa shape index (κ1) is 13.2. The number of rotatable bonds is 6. The van der Waals surface area contributed by atoms with E-state index in [0.29, 0.717) is 6.54 Å². The maximum absolute atomic E-state index is 10.5. The van der Waals surface area contributed by atoms with E-state index in [9.17, 15) is 4.79 Å². The van der Waals surface area contributed by atoms with Crippen molar-refractivity contribution in [3.63, 3.8) is 0 Å². The van der Waals surface area contributed by atoms with E-state index >= 15 is 0 Å². The molecule has 1 N–H and O–H groups in total. The molecule has 0 aliphatic carbocycles. The van der Waals surface area contributed by atoms with E-state index in [1.54, 1.807) is 0 Å². The Morgan fingerprint density at radius 1 is 1.29 bits per heavy atom. The molecule has 0 atom stereocenters. The highest BCUT2D eigenvalue weighted by atomic mass is 16.4. The number of hydrogen-bond donors (Lipinski definition) is 1. The smallest absolute Gasteiger partial charge is 0.305 e. The molecule has 94 valence electrons. The predicted molar refractivity (Wildman–Crippen MR) is 66.5 cm³/mol. The number of nitrogens with zero attached hydrogens (tertiary/aromatic N) is 4. The van der Waals surface area contributed by atoms with Crippen LogP contribution in [-0.2, 0) is 4.79 Å². The molecule has 1 heterocycles. The second-order valence-electron chi connectivity index (χ2n) is 3.81. The number of aliphatic carboxylic acids is 1. The van der Waals surface area contributed by atoms with E-state index in [0.717, 1.165) is 18.2 Å². The van der Waals surface area contributed by atoms with Crippen LogP contribution in [0.15, 0.2) is 12.4 Å². The number of carboxylic acid groups (broad SMARTS) is 1. The molecule has 0 unspecified atom stereocenters. The molecule has 0 aliphatic heterocycles. The summed E-state index contributed by atoms with van der Waals surface area (Å²) in [5.74, 6) is 0.757. The van der Waals surface area contributed by atoms with Gasteiger partial charge in [0.25, 0.3) is 0 Å². The Kier molecular flexibility index (Phi) is 4.68. The topological polar surface area (TPSA) is 69.6 Å². The molecule has 0 radical (unpaired) electrons. The summed E-state index contributed by atoms with van der Waals surface area (Å²) in [5.41, 5.74) is 0. The molecular weight excluding hydrogens is 220 g/mol. The van der Waals surface area contributed by atoms with Crippen LogP contribution in [0.25, 0.3) is 0 Å². The lowest BCUT2D eigenvalue weighted by molar-refractivity contribution is -0.136. The first-order valence-corrected chi connectivity index (χ1v) is 5.50. The molecular formula is C11H18N4O2. The Bertz CT molecular complexity index is 383. The van der Waals surface area contributed by atoms with Gasteiger partial charge in [-0.15, -0.1) is 0 Å². The minimum Gasteiger partial charge on any atom is -0.481 e. The SMILES string of the molecule is CCN(C)c1cc(N(C)CCC(=O)O)ncn1. The summed E-state index contributed by atoms with van der Waals surface area (Å²) >= 11 is 0. The quantitative estimate of drug-likeness (QED) is 0.792. The molecule has 1 aromatic rings. The summed E-state index contributed by atoms with van der Waals surface area (Å²) in [6.45, 7) is 3.33. The van der Waals surface area contributed by atoms with Crippen molar-refractivity contribution in [3.05, 3.63) is 12.4 Å². The van der Waals surface area contributed by atoms with Gasteiger partial charge in [0, 0.05) is 33.3 Å². The molecule has 0 aliphatic rings. The number of carboxylic acids is 1. The van der Waals surface area contributed by atoms with Crippen molar-refractivity contribution in [1.82, 2.24) is 9.97 Å². The van der Waals surface area contributed by atoms with Gasteiger partial charge in [0.15, 0.2) is 0 Å².